The van der Waals surface area contributed by atoms with Crippen molar-refractivity contribution >= 4 is 0 Å². The monoisotopic (exact) mass is 213 g/mol. The van der Waals surface area contributed by atoms with Crippen LogP contribution in [0.1, 0.15) is 52.4 Å². The number of aliphatic hydroxyl groups is 1. The van der Waals surface area contributed by atoms with Gasteiger partial charge < -0.3 is 10.4 Å². The zero-order chi connectivity index (χ0) is 11.1. The molecule has 0 heterocycles. The summed E-state index contributed by atoms with van der Waals surface area (Å²) in [5.74, 6) is 1.75. The van der Waals surface area contributed by atoms with E-state index in [0.717, 1.165) is 37.3 Å². The second kappa shape index (κ2) is 7.24. The third kappa shape index (κ3) is 4.98. The van der Waals surface area contributed by atoms with Crippen LogP contribution in [0.3, 0.4) is 0 Å². The summed E-state index contributed by atoms with van der Waals surface area (Å²) in [6.07, 6.45) is 7.46. The molecule has 1 rings (SSSR count). The molecule has 0 aromatic carbocycles. The van der Waals surface area contributed by atoms with Crippen molar-refractivity contribution in [2.24, 2.45) is 11.8 Å². The Balaban J connectivity index is 2.08. The van der Waals surface area contributed by atoms with Gasteiger partial charge in [0.25, 0.3) is 0 Å². The average Bonchev–Trinajstić information content (AvgIpc) is 2.23. The molecule has 15 heavy (non-hydrogen) atoms. The number of aliphatic hydroxyl groups excluding tert-OH is 1. The highest BCUT2D eigenvalue weighted by Gasteiger charge is 2.24. The molecule has 2 nitrogen and oxygen atoms in total. The first kappa shape index (κ1) is 13.0. The molecule has 0 aromatic rings. The van der Waals surface area contributed by atoms with Crippen LogP contribution in [0.2, 0.25) is 0 Å². The first-order chi connectivity index (χ1) is 7.24. The first-order valence-corrected chi connectivity index (χ1v) is 6.58. The Morgan fingerprint density at radius 3 is 2.67 bits per heavy atom. The molecule has 3 unspecified atom stereocenters. The molecule has 0 spiro atoms. The lowest BCUT2D eigenvalue weighted by atomic mass is 9.80. The van der Waals surface area contributed by atoms with Crippen LogP contribution < -0.4 is 5.32 Å². The van der Waals surface area contributed by atoms with Crippen LogP contribution >= 0.6 is 0 Å². The quantitative estimate of drug-likeness (QED) is 0.665. The van der Waals surface area contributed by atoms with E-state index in [1.807, 2.05) is 0 Å². The maximum atomic E-state index is 8.67. The summed E-state index contributed by atoms with van der Waals surface area (Å²) < 4.78 is 0. The van der Waals surface area contributed by atoms with Gasteiger partial charge in [0.05, 0.1) is 0 Å². The van der Waals surface area contributed by atoms with Gasteiger partial charge in [0, 0.05) is 12.6 Å². The Labute approximate surface area is 94.5 Å². The SMILES string of the molecule is CC1CCC(C)C(NCCCCCO)C1. The number of rotatable bonds is 6. The Hall–Kier alpha value is -0.0800. The van der Waals surface area contributed by atoms with E-state index in [2.05, 4.69) is 19.2 Å². The van der Waals surface area contributed by atoms with E-state index in [4.69, 9.17) is 5.11 Å². The second-order valence-corrected chi connectivity index (χ2v) is 5.24. The van der Waals surface area contributed by atoms with Crippen molar-refractivity contribution in [2.45, 2.75) is 58.4 Å². The summed E-state index contributed by atoms with van der Waals surface area (Å²) in [7, 11) is 0. The molecule has 0 amide bonds. The minimum atomic E-state index is 0.344. The predicted octanol–water partition coefficient (Wildman–Crippen LogP) is 2.56. The summed E-state index contributed by atoms with van der Waals surface area (Å²) in [5, 5.41) is 12.3. The summed E-state index contributed by atoms with van der Waals surface area (Å²) in [5.41, 5.74) is 0. The molecule has 2 heteroatoms. The van der Waals surface area contributed by atoms with Gasteiger partial charge in [-0.2, -0.15) is 0 Å². The summed E-state index contributed by atoms with van der Waals surface area (Å²) in [6, 6.07) is 0.739. The Kier molecular flexibility index (Phi) is 6.26. The summed E-state index contributed by atoms with van der Waals surface area (Å²) in [4.78, 5) is 0. The van der Waals surface area contributed by atoms with Crippen LogP contribution in [0, 0.1) is 11.8 Å². The molecule has 0 aromatic heterocycles. The van der Waals surface area contributed by atoms with Crippen molar-refractivity contribution in [1.29, 1.82) is 0 Å². The number of hydrogen-bond donors (Lipinski definition) is 2. The van der Waals surface area contributed by atoms with Crippen LogP contribution in [0.15, 0.2) is 0 Å². The van der Waals surface area contributed by atoms with Crippen LogP contribution in [0.4, 0.5) is 0 Å². The van der Waals surface area contributed by atoms with Crippen LogP contribution in [-0.4, -0.2) is 24.3 Å². The normalized spacial score (nSPS) is 31.8. The van der Waals surface area contributed by atoms with E-state index >= 15 is 0 Å². The molecule has 90 valence electrons. The topological polar surface area (TPSA) is 32.3 Å². The van der Waals surface area contributed by atoms with Gasteiger partial charge in [0.2, 0.25) is 0 Å². The van der Waals surface area contributed by atoms with E-state index in [-0.39, 0.29) is 0 Å². The molecular formula is C13H27NO. The summed E-state index contributed by atoms with van der Waals surface area (Å²) in [6.45, 7) is 6.21. The van der Waals surface area contributed by atoms with Gasteiger partial charge in [-0.15, -0.1) is 0 Å². The van der Waals surface area contributed by atoms with E-state index in [0.29, 0.717) is 6.61 Å². The number of unbranched alkanes of at least 4 members (excludes halogenated alkanes) is 2. The minimum Gasteiger partial charge on any atom is -0.396 e. The molecule has 1 fully saturated rings. The van der Waals surface area contributed by atoms with Gasteiger partial charge in [-0.25, -0.2) is 0 Å². The molecular weight excluding hydrogens is 186 g/mol. The fraction of sp³-hybridized carbons (Fsp3) is 1.00. The van der Waals surface area contributed by atoms with Crippen molar-refractivity contribution in [1.82, 2.24) is 5.32 Å². The molecule has 2 N–H and O–H groups in total. The third-order valence-electron chi connectivity index (χ3n) is 3.70. The molecule has 1 saturated carbocycles. The lowest BCUT2D eigenvalue weighted by Gasteiger charge is -2.33. The fourth-order valence-corrected chi connectivity index (χ4v) is 2.52. The molecule has 0 aliphatic heterocycles. The van der Waals surface area contributed by atoms with Crippen molar-refractivity contribution < 1.29 is 5.11 Å². The smallest absolute Gasteiger partial charge is 0.0431 e. The maximum absolute atomic E-state index is 8.67. The molecule has 0 bridgehead atoms. The van der Waals surface area contributed by atoms with E-state index < -0.39 is 0 Å². The van der Waals surface area contributed by atoms with Crippen molar-refractivity contribution in [3.05, 3.63) is 0 Å². The second-order valence-electron chi connectivity index (χ2n) is 5.24. The highest BCUT2D eigenvalue weighted by atomic mass is 16.2. The maximum Gasteiger partial charge on any atom is 0.0431 e. The average molecular weight is 213 g/mol. The van der Waals surface area contributed by atoms with Crippen LogP contribution in [0.25, 0.3) is 0 Å². The van der Waals surface area contributed by atoms with Crippen molar-refractivity contribution in [2.75, 3.05) is 13.2 Å². The highest BCUT2D eigenvalue weighted by molar-refractivity contribution is 4.81. The van der Waals surface area contributed by atoms with Gasteiger partial charge >= 0.3 is 0 Å². The Morgan fingerprint density at radius 2 is 1.93 bits per heavy atom. The molecule has 1 aliphatic carbocycles. The van der Waals surface area contributed by atoms with E-state index in [1.54, 1.807) is 0 Å². The highest BCUT2D eigenvalue weighted by Crippen LogP contribution is 2.28. The van der Waals surface area contributed by atoms with Gasteiger partial charge in [-0.3, -0.25) is 0 Å². The molecule has 1 aliphatic rings. The number of nitrogens with one attached hydrogen (secondary N) is 1. The van der Waals surface area contributed by atoms with Crippen molar-refractivity contribution in [3.8, 4) is 0 Å². The zero-order valence-electron chi connectivity index (χ0n) is 10.3. The lowest BCUT2D eigenvalue weighted by Crippen LogP contribution is -2.39. The van der Waals surface area contributed by atoms with Gasteiger partial charge in [0.15, 0.2) is 0 Å². The molecule has 0 saturated heterocycles. The molecule has 0 radical (unpaired) electrons. The van der Waals surface area contributed by atoms with E-state index in [9.17, 15) is 0 Å². The predicted molar refractivity (Wildman–Crippen MR) is 64.9 cm³/mol. The third-order valence-corrected chi connectivity index (χ3v) is 3.70. The van der Waals surface area contributed by atoms with Gasteiger partial charge in [-0.05, 0) is 50.5 Å². The fourth-order valence-electron chi connectivity index (χ4n) is 2.52. The first-order valence-electron chi connectivity index (χ1n) is 6.58. The molecule has 3 atom stereocenters. The standard InChI is InChI=1S/C13H27NO/c1-11-6-7-12(2)13(10-11)14-8-4-3-5-9-15/h11-15H,3-10H2,1-2H3. The van der Waals surface area contributed by atoms with Crippen LogP contribution in [0.5, 0.6) is 0 Å². The summed E-state index contributed by atoms with van der Waals surface area (Å²) >= 11 is 0. The lowest BCUT2D eigenvalue weighted by molar-refractivity contribution is 0.227. The van der Waals surface area contributed by atoms with Crippen molar-refractivity contribution in [3.63, 3.8) is 0 Å². The number of hydrogen-bond acceptors (Lipinski definition) is 2. The van der Waals surface area contributed by atoms with Gasteiger partial charge in [0.1, 0.15) is 0 Å². The minimum absolute atomic E-state index is 0.344. The Morgan fingerprint density at radius 1 is 1.13 bits per heavy atom. The zero-order valence-corrected chi connectivity index (χ0v) is 10.3. The largest absolute Gasteiger partial charge is 0.396 e. The van der Waals surface area contributed by atoms with Crippen LogP contribution in [-0.2, 0) is 0 Å². The van der Waals surface area contributed by atoms with E-state index in [1.165, 1.54) is 25.7 Å². The van der Waals surface area contributed by atoms with Gasteiger partial charge in [-0.1, -0.05) is 20.3 Å². The Bertz CT molecular complexity index is 161.